The second-order valence-electron chi connectivity index (χ2n) is 5.08. The first-order valence-electron chi connectivity index (χ1n) is 6.11. The van der Waals surface area contributed by atoms with Crippen molar-refractivity contribution in [1.82, 2.24) is 0 Å². The van der Waals surface area contributed by atoms with Crippen LogP contribution in [-0.4, -0.2) is 6.54 Å². The van der Waals surface area contributed by atoms with E-state index in [4.69, 9.17) is 10.2 Å². The standard InChI is InChI=1S/C15H17NO/c16-11-15(10-14-6-3-7-17-14)8-12-4-1-2-5-13(12)9-15/h1-7H,8-11,16H2. The fraction of sp³-hybridized carbons (Fsp3) is 0.333. The maximum Gasteiger partial charge on any atom is 0.104 e. The summed E-state index contributed by atoms with van der Waals surface area (Å²) in [7, 11) is 0. The molecule has 0 amide bonds. The SMILES string of the molecule is NCC1(Cc2ccco2)Cc2ccccc2C1. The number of fused-ring (bicyclic) bond motifs is 1. The summed E-state index contributed by atoms with van der Waals surface area (Å²) < 4.78 is 5.47. The molecule has 1 aromatic carbocycles. The van der Waals surface area contributed by atoms with Gasteiger partial charge in [0.15, 0.2) is 0 Å². The zero-order valence-electron chi connectivity index (χ0n) is 9.86. The van der Waals surface area contributed by atoms with Gasteiger partial charge in [0.05, 0.1) is 6.26 Å². The smallest absolute Gasteiger partial charge is 0.104 e. The van der Waals surface area contributed by atoms with Gasteiger partial charge in [-0.15, -0.1) is 0 Å². The Labute approximate surface area is 101 Å². The Kier molecular flexibility index (Phi) is 2.52. The van der Waals surface area contributed by atoms with E-state index in [0.717, 1.165) is 25.0 Å². The van der Waals surface area contributed by atoms with Gasteiger partial charge in [-0.05, 0) is 48.1 Å². The van der Waals surface area contributed by atoms with E-state index in [2.05, 4.69) is 24.3 Å². The maximum absolute atomic E-state index is 6.02. The van der Waals surface area contributed by atoms with Crippen molar-refractivity contribution < 1.29 is 4.42 Å². The van der Waals surface area contributed by atoms with Gasteiger partial charge < -0.3 is 10.2 Å². The third kappa shape index (κ3) is 1.89. The van der Waals surface area contributed by atoms with E-state index in [-0.39, 0.29) is 5.41 Å². The molecule has 0 spiro atoms. The summed E-state index contributed by atoms with van der Waals surface area (Å²) in [5.74, 6) is 1.04. The van der Waals surface area contributed by atoms with Gasteiger partial charge in [0, 0.05) is 6.42 Å². The minimum Gasteiger partial charge on any atom is -0.469 e. The van der Waals surface area contributed by atoms with Crippen LogP contribution in [0.2, 0.25) is 0 Å². The molecule has 2 aromatic rings. The highest BCUT2D eigenvalue weighted by Gasteiger charge is 2.36. The second-order valence-corrected chi connectivity index (χ2v) is 5.08. The molecule has 0 fully saturated rings. The van der Waals surface area contributed by atoms with Crippen LogP contribution in [0.3, 0.4) is 0 Å². The highest BCUT2D eigenvalue weighted by Crippen LogP contribution is 2.38. The molecule has 0 saturated carbocycles. The van der Waals surface area contributed by atoms with E-state index >= 15 is 0 Å². The molecular weight excluding hydrogens is 210 g/mol. The molecule has 3 rings (SSSR count). The topological polar surface area (TPSA) is 39.2 Å². The molecule has 2 N–H and O–H groups in total. The Bertz CT molecular complexity index is 471. The van der Waals surface area contributed by atoms with Crippen LogP contribution in [0, 0.1) is 5.41 Å². The summed E-state index contributed by atoms with van der Waals surface area (Å²) in [5, 5.41) is 0. The van der Waals surface area contributed by atoms with E-state index in [9.17, 15) is 0 Å². The molecule has 88 valence electrons. The Morgan fingerprint density at radius 1 is 1.06 bits per heavy atom. The van der Waals surface area contributed by atoms with Crippen molar-refractivity contribution >= 4 is 0 Å². The summed E-state index contributed by atoms with van der Waals surface area (Å²) in [6.07, 6.45) is 4.81. The maximum atomic E-state index is 6.02. The minimum absolute atomic E-state index is 0.154. The molecule has 0 aliphatic heterocycles. The molecule has 0 unspecified atom stereocenters. The largest absolute Gasteiger partial charge is 0.469 e. The van der Waals surface area contributed by atoms with Crippen LogP contribution in [0.4, 0.5) is 0 Å². The minimum atomic E-state index is 0.154. The summed E-state index contributed by atoms with van der Waals surface area (Å²) in [5.41, 5.74) is 9.07. The van der Waals surface area contributed by atoms with Crippen LogP contribution >= 0.6 is 0 Å². The van der Waals surface area contributed by atoms with Crippen molar-refractivity contribution in [3.05, 3.63) is 59.5 Å². The van der Waals surface area contributed by atoms with Gasteiger partial charge in [0.2, 0.25) is 0 Å². The van der Waals surface area contributed by atoms with Crippen LogP contribution in [0.25, 0.3) is 0 Å². The van der Waals surface area contributed by atoms with Gasteiger partial charge in [-0.3, -0.25) is 0 Å². The molecule has 0 saturated heterocycles. The number of nitrogens with two attached hydrogens (primary N) is 1. The monoisotopic (exact) mass is 227 g/mol. The van der Waals surface area contributed by atoms with E-state index in [1.165, 1.54) is 11.1 Å². The highest BCUT2D eigenvalue weighted by molar-refractivity contribution is 5.35. The Morgan fingerprint density at radius 3 is 2.29 bits per heavy atom. The van der Waals surface area contributed by atoms with Crippen LogP contribution in [0.5, 0.6) is 0 Å². The van der Waals surface area contributed by atoms with Crippen molar-refractivity contribution in [3.63, 3.8) is 0 Å². The lowest BCUT2D eigenvalue weighted by molar-refractivity contribution is 0.289. The first-order valence-corrected chi connectivity index (χ1v) is 6.11. The molecule has 1 aromatic heterocycles. The van der Waals surface area contributed by atoms with Gasteiger partial charge >= 0.3 is 0 Å². The third-order valence-electron chi connectivity index (χ3n) is 3.81. The number of benzene rings is 1. The molecule has 0 radical (unpaired) electrons. The first-order chi connectivity index (χ1) is 8.31. The average molecular weight is 227 g/mol. The van der Waals surface area contributed by atoms with Gasteiger partial charge in [-0.1, -0.05) is 24.3 Å². The zero-order valence-corrected chi connectivity index (χ0v) is 9.86. The van der Waals surface area contributed by atoms with Crippen molar-refractivity contribution in [2.45, 2.75) is 19.3 Å². The van der Waals surface area contributed by atoms with Crippen molar-refractivity contribution in [2.24, 2.45) is 11.1 Å². The molecular formula is C15H17NO. The van der Waals surface area contributed by atoms with Crippen LogP contribution in [0.1, 0.15) is 16.9 Å². The molecule has 17 heavy (non-hydrogen) atoms. The lowest BCUT2D eigenvalue weighted by atomic mass is 9.80. The molecule has 1 heterocycles. The molecule has 0 bridgehead atoms. The number of furan rings is 1. The first kappa shape index (κ1) is 10.6. The zero-order chi connectivity index (χ0) is 11.7. The molecule has 0 atom stereocenters. The quantitative estimate of drug-likeness (QED) is 0.875. The van der Waals surface area contributed by atoms with E-state index in [1.54, 1.807) is 6.26 Å². The van der Waals surface area contributed by atoms with E-state index in [1.807, 2.05) is 12.1 Å². The fourth-order valence-electron chi connectivity index (χ4n) is 2.90. The molecule has 1 aliphatic rings. The average Bonchev–Trinajstić information content (AvgIpc) is 2.96. The number of hydrogen-bond donors (Lipinski definition) is 1. The van der Waals surface area contributed by atoms with Crippen LogP contribution in [-0.2, 0) is 19.3 Å². The Hall–Kier alpha value is -1.54. The molecule has 1 aliphatic carbocycles. The summed E-state index contributed by atoms with van der Waals surface area (Å²) in [4.78, 5) is 0. The second kappa shape index (κ2) is 4.04. The Balaban J connectivity index is 1.87. The fourth-order valence-corrected chi connectivity index (χ4v) is 2.90. The van der Waals surface area contributed by atoms with Gasteiger partial charge in [-0.2, -0.15) is 0 Å². The van der Waals surface area contributed by atoms with Gasteiger partial charge in [0.1, 0.15) is 5.76 Å². The lowest BCUT2D eigenvalue weighted by Crippen LogP contribution is -2.33. The summed E-state index contributed by atoms with van der Waals surface area (Å²) >= 11 is 0. The van der Waals surface area contributed by atoms with Crippen LogP contribution in [0.15, 0.2) is 47.1 Å². The predicted octanol–water partition coefficient (Wildman–Crippen LogP) is 2.57. The van der Waals surface area contributed by atoms with Crippen molar-refractivity contribution in [3.8, 4) is 0 Å². The van der Waals surface area contributed by atoms with Gasteiger partial charge in [-0.25, -0.2) is 0 Å². The summed E-state index contributed by atoms with van der Waals surface area (Å²) in [6, 6.07) is 12.6. The Morgan fingerprint density at radius 2 is 1.76 bits per heavy atom. The highest BCUT2D eigenvalue weighted by atomic mass is 16.3. The third-order valence-corrected chi connectivity index (χ3v) is 3.81. The lowest BCUT2D eigenvalue weighted by Gasteiger charge is -2.26. The molecule has 2 heteroatoms. The van der Waals surface area contributed by atoms with Crippen LogP contribution < -0.4 is 5.73 Å². The summed E-state index contributed by atoms with van der Waals surface area (Å²) in [6.45, 7) is 0.711. The van der Waals surface area contributed by atoms with E-state index < -0.39 is 0 Å². The normalized spacial score (nSPS) is 17.0. The van der Waals surface area contributed by atoms with Crippen molar-refractivity contribution in [1.29, 1.82) is 0 Å². The number of rotatable bonds is 3. The number of hydrogen-bond acceptors (Lipinski definition) is 2. The van der Waals surface area contributed by atoms with Gasteiger partial charge in [0.25, 0.3) is 0 Å². The predicted molar refractivity (Wildman–Crippen MR) is 67.7 cm³/mol. The molecule has 2 nitrogen and oxygen atoms in total. The van der Waals surface area contributed by atoms with Crippen molar-refractivity contribution in [2.75, 3.05) is 6.54 Å². The van der Waals surface area contributed by atoms with E-state index in [0.29, 0.717) is 6.54 Å².